The summed E-state index contributed by atoms with van der Waals surface area (Å²) in [6.07, 6.45) is 0. The minimum atomic E-state index is -0.107. The number of fused-ring (bicyclic) bond motifs is 1. The number of hydrogen-bond acceptors (Lipinski definition) is 4. The molecule has 0 spiro atoms. The Morgan fingerprint density at radius 1 is 1.07 bits per heavy atom. The van der Waals surface area contributed by atoms with Gasteiger partial charge in [-0.2, -0.15) is 0 Å². The standard InChI is InChI=1S/C22H22N2O3S/c1-26-16-10-11-18(20(14-16)27-2)21-24(12-13-28-21)22(25)23-19-9-5-7-15-6-3-4-8-17(15)19/h3-11,14,21H,12-13H2,1-2H3,(H,23,25)/t21-/m0/s1. The molecule has 144 valence electrons. The molecule has 1 heterocycles. The zero-order valence-electron chi connectivity index (χ0n) is 15.8. The van der Waals surface area contributed by atoms with Crippen molar-refractivity contribution in [1.29, 1.82) is 0 Å². The van der Waals surface area contributed by atoms with Crippen LogP contribution < -0.4 is 14.8 Å². The molecule has 3 aromatic carbocycles. The Hall–Kier alpha value is -2.86. The molecule has 0 radical (unpaired) electrons. The molecule has 5 nitrogen and oxygen atoms in total. The molecule has 1 saturated heterocycles. The Morgan fingerprint density at radius 2 is 1.89 bits per heavy atom. The first-order valence-electron chi connectivity index (χ1n) is 9.10. The van der Waals surface area contributed by atoms with Gasteiger partial charge in [-0.05, 0) is 23.6 Å². The van der Waals surface area contributed by atoms with Crippen molar-refractivity contribution in [3.63, 3.8) is 0 Å². The van der Waals surface area contributed by atoms with Crippen LogP contribution in [0.1, 0.15) is 10.9 Å². The number of rotatable bonds is 4. The van der Waals surface area contributed by atoms with Gasteiger partial charge in [-0.3, -0.25) is 0 Å². The van der Waals surface area contributed by atoms with Crippen LogP contribution in [0, 0.1) is 0 Å². The topological polar surface area (TPSA) is 50.8 Å². The van der Waals surface area contributed by atoms with Gasteiger partial charge in [0.15, 0.2) is 0 Å². The lowest BCUT2D eigenvalue weighted by atomic mass is 10.1. The van der Waals surface area contributed by atoms with Gasteiger partial charge in [0.2, 0.25) is 0 Å². The maximum atomic E-state index is 13.1. The summed E-state index contributed by atoms with van der Waals surface area (Å²) < 4.78 is 10.8. The molecule has 1 aliphatic rings. The number of nitrogens with zero attached hydrogens (tertiary/aromatic N) is 1. The van der Waals surface area contributed by atoms with E-state index in [1.54, 1.807) is 26.0 Å². The van der Waals surface area contributed by atoms with Crippen molar-refractivity contribution >= 4 is 34.3 Å². The summed E-state index contributed by atoms with van der Waals surface area (Å²) in [5.41, 5.74) is 1.79. The Balaban J connectivity index is 1.61. The van der Waals surface area contributed by atoms with Crippen LogP contribution in [0.2, 0.25) is 0 Å². The first kappa shape index (κ1) is 18.5. The van der Waals surface area contributed by atoms with E-state index < -0.39 is 0 Å². The lowest BCUT2D eigenvalue weighted by Gasteiger charge is -2.26. The third kappa shape index (κ3) is 3.47. The molecule has 1 aliphatic heterocycles. The first-order chi connectivity index (χ1) is 13.7. The third-order valence-corrected chi connectivity index (χ3v) is 6.13. The Bertz CT molecular complexity index is 1000. The summed E-state index contributed by atoms with van der Waals surface area (Å²) in [5, 5.41) is 5.13. The summed E-state index contributed by atoms with van der Waals surface area (Å²) >= 11 is 1.73. The fourth-order valence-electron chi connectivity index (χ4n) is 3.48. The smallest absolute Gasteiger partial charge is 0.323 e. The highest BCUT2D eigenvalue weighted by Gasteiger charge is 2.33. The number of urea groups is 1. The number of thioether (sulfide) groups is 1. The molecule has 0 saturated carbocycles. The maximum absolute atomic E-state index is 13.1. The highest BCUT2D eigenvalue weighted by Crippen LogP contribution is 2.43. The predicted molar refractivity (Wildman–Crippen MR) is 114 cm³/mol. The largest absolute Gasteiger partial charge is 0.497 e. The molecule has 3 aromatic rings. The molecule has 4 rings (SSSR count). The summed E-state index contributed by atoms with van der Waals surface area (Å²) in [5.74, 6) is 2.33. The minimum absolute atomic E-state index is 0.101. The second-order valence-electron chi connectivity index (χ2n) is 6.48. The van der Waals surface area contributed by atoms with Crippen molar-refractivity contribution in [2.24, 2.45) is 0 Å². The lowest BCUT2D eigenvalue weighted by molar-refractivity contribution is 0.213. The van der Waals surface area contributed by atoms with Crippen LogP contribution in [0.3, 0.4) is 0 Å². The number of methoxy groups -OCH3 is 2. The highest BCUT2D eigenvalue weighted by molar-refractivity contribution is 7.99. The van der Waals surface area contributed by atoms with Crippen molar-refractivity contribution in [3.05, 3.63) is 66.2 Å². The van der Waals surface area contributed by atoms with E-state index >= 15 is 0 Å². The van der Waals surface area contributed by atoms with Crippen LogP contribution in [0.4, 0.5) is 10.5 Å². The molecule has 0 unspecified atom stereocenters. The molecule has 1 atom stereocenters. The molecule has 2 amide bonds. The van der Waals surface area contributed by atoms with Crippen LogP contribution in [-0.4, -0.2) is 37.4 Å². The van der Waals surface area contributed by atoms with Crippen molar-refractivity contribution in [2.45, 2.75) is 5.37 Å². The number of anilines is 1. The van der Waals surface area contributed by atoms with Gasteiger partial charge in [0.05, 0.1) is 19.9 Å². The first-order valence-corrected chi connectivity index (χ1v) is 10.1. The summed E-state index contributed by atoms with van der Waals surface area (Å²) in [6.45, 7) is 0.682. The van der Waals surface area contributed by atoms with Gasteiger partial charge in [0, 0.05) is 29.3 Å². The number of ether oxygens (including phenoxy) is 2. The van der Waals surface area contributed by atoms with Crippen LogP contribution in [0.15, 0.2) is 60.7 Å². The van der Waals surface area contributed by atoms with Gasteiger partial charge in [0.25, 0.3) is 0 Å². The zero-order chi connectivity index (χ0) is 19.5. The van der Waals surface area contributed by atoms with Crippen molar-refractivity contribution in [1.82, 2.24) is 4.90 Å². The molecule has 0 bridgehead atoms. The summed E-state index contributed by atoms with van der Waals surface area (Å²) in [7, 11) is 3.26. The quantitative estimate of drug-likeness (QED) is 0.666. The average molecular weight is 394 g/mol. The Labute approximate surface area is 168 Å². The molecule has 1 N–H and O–H groups in total. The average Bonchev–Trinajstić information content (AvgIpc) is 3.23. The van der Waals surface area contributed by atoms with Gasteiger partial charge >= 0.3 is 6.03 Å². The van der Waals surface area contributed by atoms with E-state index in [2.05, 4.69) is 5.32 Å². The number of carbonyl (C=O) groups is 1. The van der Waals surface area contributed by atoms with Crippen LogP contribution in [-0.2, 0) is 0 Å². The van der Waals surface area contributed by atoms with E-state index in [-0.39, 0.29) is 11.4 Å². The summed E-state index contributed by atoms with van der Waals surface area (Å²) in [6, 6.07) is 19.6. The predicted octanol–water partition coefficient (Wildman–Crippen LogP) is 5.14. The molecule has 1 fully saturated rings. The normalized spacial score (nSPS) is 16.2. The van der Waals surface area contributed by atoms with Gasteiger partial charge in [0.1, 0.15) is 16.9 Å². The second kappa shape index (κ2) is 8.02. The van der Waals surface area contributed by atoms with Crippen molar-refractivity contribution in [3.8, 4) is 11.5 Å². The van der Waals surface area contributed by atoms with E-state index in [1.165, 1.54) is 0 Å². The second-order valence-corrected chi connectivity index (χ2v) is 7.67. The van der Waals surface area contributed by atoms with Gasteiger partial charge in [-0.25, -0.2) is 4.79 Å². The fourth-order valence-corrected chi connectivity index (χ4v) is 4.76. The number of hydrogen-bond donors (Lipinski definition) is 1. The molecule has 6 heteroatoms. The molecular weight excluding hydrogens is 372 g/mol. The maximum Gasteiger partial charge on any atom is 0.323 e. The van der Waals surface area contributed by atoms with Crippen LogP contribution in [0.25, 0.3) is 10.8 Å². The number of amides is 2. The molecule has 0 aliphatic carbocycles. The zero-order valence-corrected chi connectivity index (χ0v) is 16.7. The van der Waals surface area contributed by atoms with Crippen LogP contribution >= 0.6 is 11.8 Å². The summed E-state index contributed by atoms with van der Waals surface area (Å²) in [4.78, 5) is 15.0. The number of carbonyl (C=O) groups excluding carboxylic acids is 1. The monoisotopic (exact) mass is 394 g/mol. The lowest BCUT2D eigenvalue weighted by Crippen LogP contribution is -2.34. The minimum Gasteiger partial charge on any atom is -0.497 e. The third-order valence-electron chi connectivity index (χ3n) is 4.89. The van der Waals surface area contributed by atoms with Gasteiger partial charge < -0.3 is 19.7 Å². The van der Waals surface area contributed by atoms with E-state index in [4.69, 9.17) is 9.47 Å². The van der Waals surface area contributed by atoms with E-state index in [0.717, 1.165) is 39.3 Å². The molecule has 0 aromatic heterocycles. The number of benzene rings is 3. The van der Waals surface area contributed by atoms with Crippen LogP contribution in [0.5, 0.6) is 11.5 Å². The van der Waals surface area contributed by atoms with Gasteiger partial charge in [-0.1, -0.05) is 36.4 Å². The Kier molecular flexibility index (Phi) is 5.30. The van der Waals surface area contributed by atoms with Crippen molar-refractivity contribution in [2.75, 3.05) is 31.8 Å². The van der Waals surface area contributed by atoms with Crippen molar-refractivity contribution < 1.29 is 14.3 Å². The Morgan fingerprint density at radius 3 is 2.71 bits per heavy atom. The van der Waals surface area contributed by atoms with E-state index in [0.29, 0.717) is 6.54 Å². The highest BCUT2D eigenvalue weighted by atomic mass is 32.2. The fraction of sp³-hybridized carbons (Fsp3) is 0.227. The molecular formula is C22H22N2O3S. The van der Waals surface area contributed by atoms with E-state index in [9.17, 15) is 4.79 Å². The molecule has 28 heavy (non-hydrogen) atoms. The van der Waals surface area contributed by atoms with Gasteiger partial charge in [-0.15, -0.1) is 11.8 Å². The number of nitrogens with one attached hydrogen (secondary N) is 1. The van der Waals surface area contributed by atoms with E-state index in [1.807, 2.05) is 65.6 Å². The SMILES string of the molecule is COc1ccc([C@@H]2SCCN2C(=O)Nc2cccc3ccccc23)c(OC)c1.